The Kier molecular flexibility index (Phi) is 3.64. The van der Waals surface area contributed by atoms with E-state index in [1.54, 1.807) is 4.90 Å². The first-order valence-corrected chi connectivity index (χ1v) is 5.81. The third-order valence-electron chi connectivity index (χ3n) is 3.14. The van der Waals surface area contributed by atoms with Crippen molar-refractivity contribution < 1.29 is 14.6 Å². The van der Waals surface area contributed by atoms with Crippen LogP contribution in [0.4, 0.5) is 4.79 Å². The summed E-state index contributed by atoms with van der Waals surface area (Å²) in [4.78, 5) is 13.3. The summed E-state index contributed by atoms with van der Waals surface area (Å²) in [6, 6.07) is 7.97. The summed E-state index contributed by atoms with van der Waals surface area (Å²) in [5.41, 5.74) is 2.28. The molecule has 1 saturated heterocycles. The molecule has 1 aromatic carbocycles. The van der Waals surface area contributed by atoms with Crippen LogP contribution in [0.15, 0.2) is 24.3 Å². The van der Waals surface area contributed by atoms with Gasteiger partial charge in [0.15, 0.2) is 0 Å². The molecule has 1 N–H and O–H groups in total. The van der Waals surface area contributed by atoms with E-state index in [1.807, 2.05) is 31.2 Å². The molecule has 0 aromatic heterocycles. The predicted octanol–water partition coefficient (Wildman–Crippen LogP) is 1.70. The minimum Gasteiger partial charge on any atom is -0.447 e. The molecule has 0 spiro atoms. The van der Waals surface area contributed by atoms with Crippen LogP contribution in [0.3, 0.4) is 0 Å². The summed E-state index contributed by atoms with van der Waals surface area (Å²) in [6.45, 7) is 3.03. The average Bonchev–Trinajstić information content (AvgIpc) is 2.65. The van der Waals surface area contributed by atoms with E-state index in [-0.39, 0.29) is 18.7 Å². The molecular formula is C13H17NO3. The number of hydrogen-bond donors (Lipinski definition) is 1. The zero-order chi connectivity index (χ0) is 12.3. The molecule has 4 heteroatoms. The second-order valence-electron chi connectivity index (χ2n) is 4.30. The fourth-order valence-electron chi connectivity index (χ4n) is 2.04. The Labute approximate surface area is 101 Å². The maximum atomic E-state index is 11.6. The van der Waals surface area contributed by atoms with E-state index in [4.69, 9.17) is 9.84 Å². The lowest BCUT2D eigenvalue weighted by Gasteiger charge is -2.21. The van der Waals surface area contributed by atoms with E-state index in [9.17, 15) is 4.79 Å². The molecule has 1 fully saturated rings. The number of cyclic esters (lactones) is 1. The Morgan fingerprint density at radius 2 is 2.24 bits per heavy atom. The molecular weight excluding hydrogens is 218 g/mol. The predicted molar refractivity (Wildman–Crippen MR) is 63.6 cm³/mol. The topological polar surface area (TPSA) is 49.8 Å². The largest absolute Gasteiger partial charge is 0.447 e. The number of aliphatic hydroxyl groups excluding tert-OH is 1. The zero-order valence-corrected chi connectivity index (χ0v) is 9.93. The minimum absolute atomic E-state index is 0.00731. The molecule has 0 bridgehead atoms. The number of carbonyl (C=O) groups excluding carboxylic acids is 1. The standard InChI is InChI=1S/C13H17NO3/c1-10-4-2-3-5-11(10)8-14-12(6-7-15)9-17-13(14)16/h2-5,12,15H,6-9H2,1H3. The van der Waals surface area contributed by atoms with E-state index in [1.165, 1.54) is 0 Å². The van der Waals surface area contributed by atoms with Gasteiger partial charge in [0, 0.05) is 13.2 Å². The lowest BCUT2D eigenvalue weighted by molar-refractivity contribution is 0.155. The van der Waals surface area contributed by atoms with Gasteiger partial charge >= 0.3 is 6.09 Å². The maximum Gasteiger partial charge on any atom is 0.410 e. The highest BCUT2D eigenvalue weighted by atomic mass is 16.6. The molecule has 1 amide bonds. The minimum atomic E-state index is -0.285. The Morgan fingerprint density at radius 3 is 2.94 bits per heavy atom. The van der Waals surface area contributed by atoms with Crippen molar-refractivity contribution in [1.29, 1.82) is 0 Å². The highest BCUT2D eigenvalue weighted by Gasteiger charge is 2.32. The molecule has 0 aliphatic carbocycles. The van der Waals surface area contributed by atoms with Crippen molar-refractivity contribution in [3.63, 3.8) is 0 Å². The lowest BCUT2D eigenvalue weighted by Crippen LogP contribution is -2.33. The number of hydrogen-bond acceptors (Lipinski definition) is 3. The van der Waals surface area contributed by atoms with Gasteiger partial charge in [0.2, 0.25) is 0 Å². The van der Waals surface area contributed by atoms with Crippen LogP contribution in [0.25, 0.3) is 0 Å². The monoisotopic (exact) mass is 235 g/mol. The van der Waals surface area contributed by atoms with Crippen LogP contribution in [-0.2, 0) is 11.3 Å². The number of amides is 1. The van der Waals surface area contributed by atoms with E-state index < -0.39 is 0 Å². The van der Waals surface area contributed by atoms with Crippen molar-refractivity contribution in [3.8, 4) is 0 Å². The van der Waals surface area contributed by atoms with Crippen LogP contribution >= 0.6 is 0 Å². The van der Waals surface area contributed by atoms with Crippen molar-refractivity contribution in [2.45, 2.75) is 25.9 Å². The van der Waals surface area contributed by atoms with Crippen LogP contribution in [-0.4, -0.2) is 35.4 Å². The van der Waals surface area contributed by atoms with Crippen molar-refractivity contribution in [1.82, 2.24) is 4.90 Å². The highest BCUT2D eigenvalue weighted by Crippen LogP contribution is 2.20. The molecule has 1 aliphatic heterocycles. The van der Waals surface area contributed by atoms with Crippen molar-refractivity contribution in [2.75, 3.05) is 13.2 Å². The summed E-state index contributed by atoms with van der Waals surface area (Å²) in [7, 11) is 0. The lowest BCUT2D eigenvalue weighted by atomic mass is 10.1. The van der Waals surface area contributed by atoms with Gasteiger partial charge < -0.3 is 9.84 Å². The number of ether oxygens (including phenoxy) is 1. The molecule has 4 nitrogen and oxygen atoms in total. The molecule has 1 heterocycles. The number of carbonyl (C=O) groups is 1. The van der Waals surface area contributed by atoms with Crippen molar-refractivity contribution in [3.05, 3.63) is 35.4 Å². The fourth-order valence-corrected chi connectivity index (χ4v) is 2.04. The van der Waals surface area contributed by atoms with E-state index in [0.29, 0.717) is 19.6 Å². The van der Waals surface area contributed by atoms with Crippen LogP contribution in [0.5, 0.6) is 0 Å². The summed E-state index contributed by atoms with van der Waals surface area (Å²) in [6.07, 6.45) is 0.282. The first-order chi connectivity index (χ1) is 8.22. The van der Waals surface area contributed by atoms with Gasteiger partial charge in [-0.2, -0.15) is 0 Å². The van der Waals surface area contributed by atoms with Crippen LogP contribution in [0.1, 0.15) is 17.5 Å². The van der Waals surface area contributed by atoms with E-state index in [0.717, 1.165) is 11.1 Å². The Bertz CT molecular complexity index is 405. The number of nitrogens with zero attached hydrogens (tertiary/aromatic N) is 1. The molecule has 1 aromatic rings. The summed E-state index contributed by atoms with van der Waals surface area (Å²) in [5, 5.41) is 8.96. The zero-order valence-electron chi connectivity index (χ0n) is 9.93. The van der Waals surface area contributed by atoms with Crippen molar-refractivity contribution >= 4 is 6.09 Å². The van der Waals surface area contributed by atoms with E-state index >= 15 is 0 Å². The Morgan fingerprint density at radius 1 is 1.47 bits per heavy atom. The molecule has 0 saturated carbocycles. The first-order valence-electron chi connectivity index (χ1n) is 5.81. The Hall–Kier alpha value is -1.55. The summed E-state index contributed by atoms with van der Waals surface area (Å²) in [5.74, 6) is 0. The van der Waals surface area contributed by atoms with E-state index in [2.05, 4.69) is 0 Å². The third kappa shape index (κ3) is 2.58. The second kappa shape index (κ2) is 5.19. The normalized spacial score (nSPS) is 19.5. The Balaban J connectivity index is 2.11. The molecule has 0 radical (unpaired) electrons. The molecule has 1 unspecified atom stereocenters. The van der Waals surface area contributed by atoms with Gasteiger partial charge in [-0.1, -0.05) is 24.3 Å². The average molecular weight is 235 g/mol. The molecule has 1 atom stereocenters. The number of aliphatic hydroxyl groups is 1. The molecule has 17 heavy (non-hydrogen) atoms. The first kappa shape index (κ1) is 11.9. The van der Waals surface area contributed by atoms with Gasteiger partial charge in [-0.05, 0) is 24.5 Å². The molecule has 1 aliphatic rings. The van der Waals surface area contributed by atoms with Gasteiger partial charge in [-0.25, -0.2) is 4.79 Å². The summed E-state index contributed by atoms with van der Waals surface area (Å²) >= 11 is 0. The van der Waals surface area contributed by atoms with Gasteiger partial charge in [0.1, 0.15) is 6.61 Å². The highest BCUT2D eigenvalue weighted by molar-refractivity contribution is 5.70. The number of benzene rings is 1. The summed E-state index contributed by atoms with van der Waals surface area (Å²) < 4.78 is 5.02. The van der Waals surface area contributed by atoms with Gasteiger partial charge in [-0.15, -0.1) is 0 Å². The van der Waals surface area contributed by atoms with Crippen LogP contribution in [0, 0.1) is 6.92 Å². The quantitative estimate of drug-likeness (QED) is 0.864. The maximum absolute atomic E-state index is 11.6. The van der Waals surface area contributed by atoms with Gasteiger partial charge in [-0.3, -0.25) is 4.90 Å². The van der Waals surface area contributed by atoms with Gasteiger partial charge in [0.05, 0.1) is 6.04 Å². The van der Waals surface area contributed by atoms with Gasteiger partial charge in [0.25, 0.3) is 0 Å². The SMILES string of the molecule is Cc1ccccc1CN1C(=O)OCC1CCO. The van der Waals surface area contributed by atoms with Crippen LogP contribution in [0.2, 0.25) is 0 Å². The fraction of sp³-hybridized carbons (Fsp3) is 0.462. The number of aryl methyl sites for hydroxylation is 1. The van der Waals surface area contributed by atoms with Crippen molar-refractivity contribution in [2.24, 2.45) is 0 Å². The number of rotatable bonds is 4. The van der Waals surface area contributed by atoms with Crippen LogP contribution < -0.4 is 0 Å². The molecule has 92 valence electrons. The molecule has 2 rings (SSSR count). The smallest absolute Gasteiger partial charge is 0.410 e. The third-order valence-corrected chi connectivity index (χ3v) is 3.14. The second-order valence-corrected chi connectivity index (χ2v) is 4.30.